The van der Waals surface area contributed by atoms with Crippen molar-refractivity contribution in [2.45, 2.75) is 25.7 Å². The standard InChI is InChI=1S/2C21H21NO8/c2*1-28-20(26)15-6-10-17(11-7-15)30-21(27)22-12-2-3-19(25)29-16-8-4-14(5-9-16)18(24)13-23/h2*4-11,23H,2-3,12-13H2,1H3,(H,22,27). The molecule has 316 valence electrons. The Bertz CT molecular complexity index is 1780. The number of hydrogen-bond acceptors (Lipinski definition) is 16. The van der Waals surface area contributed by atoms with Crippen LogP contribution in [0.2, 0.25) is 0 Å². The van der Waals surface area contributed by atoms with Crippen LogP contribution in [-0.4, -0.2) is 98.4 Å². The molecule has 0 radical (unpaired) electrons. The van der Waals surface area contributed by atoms with Gasteiger partial charge in [0.1, 0.15) is 36.2 Å². The Morgan fingerprint density at radius 3 is 1.00 bits per heavy atom. The highest BCUT2D eigenvalue weighted by Crippen LogP contribution is 2.17. The lowest BCUT2D eigenvalue weighted by molar-refractivity contribution is -0.135. The van der Waals surface area contributed by atoms with Crippen LogP contribution in [0.3, 0.4) is 0 Å². The minimum Gasteiger partial charge on any atom is -0.465 e. The van der Waals surface area contributed by atoms with Crippen LogP contribution in [0.5, 0.6) is 23.0 Å². The number of aliphatic hydroxyl groups excluding tert-OH is 2. The summed E-state index contributed by atoms with van der Waals surface area (Å²) in [4.78, 5) is 92.5. The molecule has 2 amide bonds. The first-order valence-electron chi connectivity index (χ1n) is 18.0. The predicted molar refractivity (Wildman–Crippen MR) is 209 cm³/mol. The fourth-order valence-electron chi connectivity index (χ4n) is 4.65. The number of aliphatic hydroxyl groups is 2. The number of ether oxygens (including phenoxy) is 6. The van der Waals surface area contributed by atoms with Gasteiger partial charge in [-0.25, -0.2) is 19.2 Å². The van der Waals surface area contributed by atoms with E-state index in [2.05, 4.69) is 20.1 Å². The molecule has 0 heterocycles. The van der Waals surface area contributed by atoms with Gasteiger partial charge < -0.3 is 49.3 Å². The highest BCUT2D eigenvalue weighted by atomic mass is 16.6. The molecule has 0 aliphatic rings. The number of rotatable bonds is 18. The Hall–Kier alpha value is -7.44. The third kappa shape index (κ3) is 16.6. The van der Waals surface area contributed by atoms with Crippen molar-refractivity contribution in [2.24, 2.45) is 0 Å². The number of hydrogen-bond donors (Lipinski definition) is 4. The lowest BCUT2D eigenvalue weighted by atomic mass is 10.1. The van der Waals surface area contributed by atoms with E-state index in [-0.39, 0.29) is 48.9 Å². The first-order chi connectivity index (χ1) is 28.8. The number of amides is 2. The Balaban J connectivity index is 0.000000320. The fourth-order valence-corrected chi connectivity index (χ4v) is 4.65. The van der Waals surface area contributed by atoms with Gasteiger partial charge in [0.15, 0.2) is 11.6 Å². The number of esters is 4. The second-order valence-electron chi connectivity index (χ2n) is 12.0. The van der Waals surface area contributed by atoms with Crippen LogP contribution in [0.1, 0.15) is 67.1 Å². The first kappa shape index (κ1) is 46.9. The number of carbonyl (C=O) groups is 8. The van der Waals surface area contributed by atoms with E-state index in [4.69, 9.17) is 29.2 Å². The van der Waals surface area contributed by atoms with Gasteiger partial charge in [0, 0.05) is 37.1 Å². The summed E-state index contributed by atoms with van der Waals surface area (Å²) in [6.07, 6.45) is -0.611. The van der Waals surface area contributed by atoms with Gasteiger partial charge in [-0.2, -0.15) is 0 Å². The third-order valence-corrected chi connectivity index (χ3v) is 7.73. The van der Waals surface area contributed by atoms with Crippen molar-refractivity contribution >= 4 is 47.6 Å². The van der Waals surface area contributed by atoms with Crippen LogP contribution in [0, 0.1) is 0 Å². The zero-order valence-corrected chi connectivity index (χ0v) is 32.5. The molecule has 4 rings (SSSR count). The predicted octanol–water partition coefficient (Wildman–Crippen LogP) is 4.24. The zero-order chi connectivity index (χ0) is 43.9. The SMILES string of the molecule is COC(=O)c1ccc(OC(=O)NCCCC(=O)Oc2ccc(C(=O)CO)cc2)cc1.COC(=O)c1ccc(OC(=O)NCCCC(=O)Oc2ccc(C(=O)CO)cc2)cc1. The first-order valence-corrected chi connectivity index (χ1v) is 18.0. The summed E-state index contributed by atoms with van der Waals surface area (Å²) >= 11 is 0. The van der Waals surface area contributed by atoms with Crippen molar-refractivity contribution in [1.29, 1.82) is 0 Å². The molecule has 60 heavy (non-hydrogen) atoms. The van der Waals surface area contributed by atoms with E-state index in [0.717, 1.165) is 0 Å². The molecule has 4 N–H and O–H groups in total. The van der Waals surface area contributed by atoms with Crippen LogP contribution in [0.15, 0.2) is 97.1 Å². The van der Waals surface area contributed by atoms with Crippen LogP contribution < -0.4 is 29.6 Å². The maximum Gasteiger partial charge on any atom is 0.412 e. The lowest BCUT2D eigenvalue weighted by Gasteiger charge is -2.08. The van der Waals surface area contributed by atoms with Gasteiger partial charge in [-0.05, 0) is 110 Å². The van der Waals surface area contributed by atoms with E-state index in [0.29, 0.717) is 35.1 Å². The molecule has 0 bridgehead atoms. The summed E-state index contributed by atoms with van der Waals surface area (Å²) in [5, 5.41) is 22.6. The average Bonchev–Trinajstić information content (AvgIpc) is 3.26. The molecule has 18 nitrogen and oxygen atoms in total. The zero-order valence-electron chi connectivity index (χ0n) is 32.5. The Labute approximate surface area is 343 Å². The number of ketones is 2. The summed E-state index contributed by atoms with van der Waals surface area (Å²) in [5.74, 6) is -1.77. The lowest BCUT2D eigenvalue weighted by Crippen LogP contribution is -2.28. The molecular weight excluding hydrogens is 788 g/mol. The van der Waals surface area contributed by atoms with E-state index < -0.39 is 60.8 Å². The molecule has 0 unspecified atom stereocenters. The molecule has 0 atom stereocenters. The van der Waals surface area contributed by atoms with E-state index in [1.165, 1.54) is 111 Å². The highest BCUT2D eigenvalue weighted by Gasteiger charge is 2.12. The normalized spacial score (nSPS) is 10.1. The van der Waals surface area contributed by atoms with Gasteiger partial charge in [0.05, 0.1) is 25.3 Å². The number of benzene rings is 4. The van der Waals surface area contributed by atoms with Crippen LogP contribution in [0.4, 0.5) is 9.59 Å². The van der Waals surface area contributed by atoms with Gasteiger partial charge in [0.25, 0.3) is 0 Å². The van der Waals surface area contributed by atoms with E-state index in [1.807, 2.05) is 0 Å². The maximum absolute atomic E-state index is 11.8. The van der Waals surface area contributed by atoms with Crippen LogP contribution >= 0.6 is 0 Å². The molecule has 0 fully saturated rings. The van der Waals surface area contributed by atoms with E-state index >= 15 is 0 Å². The molecule has 0 saturated heterocycles. The van der Waals surface area contributed by atoms with E-state index in [1.54, 1.807) is 0 Å². The smallest absolute Gasteiger partial charge is 0.412 e. The molecular formula is C42H42N2O16. The number of Topliss-reactive ketones (excluding diaryl/α,β-unsaturated/α-hetero) is 2. The Morgan fingerprint density at radius 2 is 0.717 bits per heavy atom. The molecule has 0 aromatic heterocycles. The Kier molecular flexibility index (Phi) is 19.6. The second-order valence-corrected chi connectivity index (χ2v) is 12.0. The van der Waals surface area contributed by atoms with Crippen molar-refractivity contribution in [2.75, 3.05) is 40.5 Å². The minimum atomic E-state index is -0.696. The molecule has 4 aromatic rings. The van der Waals surface area contributed by atoms with Gasteiger partial charge in [-0.3, -0.25) is 19.2 Å². The molecule has 18 heteroatoms. The van der Waals surface area contributed by atoms with Crippen LogP contribution in [-0.2, 0) is 19.1 Å². The van der Waals surface area contributed by atoms with Gasteiger partial charge >= 0.3 is 36.1 Å². The molecule has 0 spiro atoms. The fraction of sp³-hybridized carbons (Fsp3) is 0.238. The largest absolute Gasteiger partial charge is 0.465 e. The average molecular weight is 831 g/mol. The monoisotopic (exact) mass is 830 g/mol. The van der Waals surface area contributed by atoms with Crippen molar-refractivity contribution in [1.82, 2.24) is 10.6 Å². The molecule has 0 saturated carbocycles. The third-order valence-electron chi connectivity index (χ3n) is 7.73. The molecule has 4 aromatic carbocycles. The van der Waals surface area contributed by atoms with Crippen molar-refractivity contribution in [3.05, 3.63) is 119 Å². The summed E-state index contributed by atoms with van der Waals surface area (Å²) in [6.45, 7) is -0.795. The van der Waals surface area contributed by atoms with Crippen molar-refractivity contribution in [3.63, 3.8) is 0 Å². The topological polar surface area (TPSA) is 256 Å². The summed E-state index contributed by atoms with van der Waals surface area (Å²) in [6, 6.07) is 23.4. The van der Waals surface area contributed by atoms with E-state index in [9.17, 15) is 38.4 Å². The van der Waals surface area contributed by atoms with Gasteiger partial charge in [-0.1, -0.05) is 0 Å². The summed E-state index contributed by atoms with van der Waals surface area (Å²) in [7, 11) is 2.54. The van der Waals surface area contributed by atoms with Crippen LogP contribution in [0.25, 0.3) is 0 Å². The second kappa shape index (κ2) is 25.0. The maximum atomic E-state index is 11.8. The van der Waals surface area contributed by atoms with Gasteiger partial charge in [-0.15, -0.1) is 0 Å². The summed E-state index contributed by atoms with van der Waals surface area (Å²) in [5.41, 5.74) is 1.30. The quantitative estimate of drug-likeness (QED) is 0.0473. The number of methoxy groups -OCH3 is 2. The van der Waals surface area contributed by atoms with Gasteiger partial charge in [0.2, 0.25) is 0 Å². The molecule has 0 aliphatic carbocycles. The minimum absolute atomic E-state index is 0.0609. The highest BCUT2D eigenvalue weighted by molar-refractivity contribution is 5.97. The van der Waals surface area contributed by atoms with Crippen molar-refractivity contribution < 1.29 is 77.0 Å². The summed E-state index contributed by atoms with van der Waals surface area (Å²) < 4.78 is 29.5. The number of nitrogens with one attached hydrogen (secondary N) is 2. The Morgan fingerprint density at radius 1 is 0.433 bits per heavy atom. The number of carbonyl (C=O) groups excluding carboxylic acids is 8. The molecule has 0 aliphatic heterocycles. The van der Waals surface area contributed by atoms with Crippen molar-refractivity contribution in [3.8, 4) is 23.0 Å².